The molecule has 0 spiro atoms. The summed E-state index contributed by atoms with van der Waals surface area (Å²) in [4.78, 5) is 8.25. The Morgan fingerprint density at radius 3 is 2.92 bits per heavy atom. The van der Waals surface area contributed by atoms with Crippen molar-refractivity contribution in [2.45, 2.75) is 4.90 Å². The molecule has 2 aromatic rings. The van der Waals surface area contributed by atoms with Crippen molar-refractivity contribution in [3.05, 3.63) is 30.7 Å². The molecule has 0 saturated heterocycles. The molecule has 1 atom stereocenters. The molecule has 0 fully saturated rings. The van der Waals surface area contributed by atoms with Gasteiger partial charge in [0.15, 0.2) is 11.1 Å². The fraction of sp³-hybridized carbons (Fsp3) is 0. The van der Waals surface area contributed by atoms with Crippen LogP contribution in [0, 0.1) is 0 Å². The van der Waals surface area contributed by atoms with Gasteiger partial charge in [-0.2, -0.15) is 0 Å². The van der Waals surface area contributed by atoms with Gasteiger partial charge in [0.2, 0.25) is 0 Å². The Kier molecular flexibility index (Phi) is 2.03. The van der Waals surface area contributed by atoms with E-state index in [-0.39, 0.29) is 0 Å². The first-order chi connectivity index (χ1) is 6.29. The lowest BCUT2D eigenvalue weighted by Gasteiger charge is -1.99. The van der Waals surface area contributed by atoms with Gasteiger partial charge in [0.05, 0.1) is 16.6 Å². The number of rotatable bonds is 1. The Balaban J connectivity index is 2.83. The van der Waals surface area contributed by atoms with Gasteiger partial charge in [-0.15, -0.1) is 0 Å². The number of fused-ring (bicyclic) bond motifs is 1. The number of nitrogens with zero attached hydrogens (tertiary/aromatic N) is 2. The highest BCUT2D eigenvalue weighted by Crippen LogP contribution is 2.17. The van der Waals surface area contributed by atoms with Crippen molar-refractivity contribution >= 4 is 22.0 Å². The maximum atomic E-state index is 10.9. The summed E-state index contributed by atoms with van der Waals surface area (Å²) in [5.41, 5.74) is 0.627. The molecule has 2 rings (SSSR count). The smallest absolute Gasteiger partial charge is 0.187 e. The zero-order valence-electron chi connectivity index (χ0n) is 6.54. The van der Waals surface area contributed by atoms with Gasteiger partial charge in [-0.3, -0.25) is 9.97 Å². The molecule has 2 aromatic heterocycles. The standard InChI is InChI=1S/C8H6N2O2S/c11-13(12)8-2-4-10-7-5-9-3-1-6(7)8/h1-5H,(H,11,12). The Morgan fingerprint density at radius 2 is 2.15 bits per heavy atom. The molecule has 2 heterocycles. The molecule has 0 aliphatic carbocycles. The van der Waals surface area contributed by atoms with Crippen LogP contribution in [0.5, 0.6) is 0 Å². The molecule has 0 radical (unpaired) electrons. The van der Waals surface area contributed by atoms with E-state index in [1.165, 1.54) is 12.3 Å². The summed E-state index contributed by atoms with van der Waals surface area (Å²) in [6, 6.07) is 3.20. The quantitative estimate of drug-likeness (QED) is 0.693. The second kappa shape index (κ2) is 3.20. The molecule has 0 aromatic carbocycles. The van der Waals surface area contributed by atoms with Crippen LogP contribution in [-0.2, 0) is 11.1 Å². The summed E-state index contributed by atoms with van der Waals surface area (Å²) in [5, 5.41) is 0.665. The first-order valence-corrected chi connectivity index (χ1v) is 4.69. The summed E-state index contributed by atoms with van der Waals surface area (Å²) in [7, 11) is 0. The lowest BCUT2D eigenvalue weighted by Crippen LogP contribution is -1.91. The van der Waals surface area contributed by atoms with E-state index in [9.17, 15) is 4.21 Å². The topological polar surface area (TPSA) is 63.1 Å². The Bertz CT molecular complexity index is 467. The average molecular weight is 194 g/mol. The zero-order chi connectivity index (χ0) is 9.26. The predicted octanol–water partition coefficient (Wildman–Crippen LogP) is 1.21. The summed E-state index contributed by atoms with van der Waals surface area (Å²) < 4.78 is 19.8. The molecule has 4 nitrogen and oxygen atoms in total. The van der Waals surface area contributed by atoms with Crippen molar-refractivity contribution < 1.29 is 8.76 Å². The monoisotopic (exact) mass is 194 g/mol. The molecule has 0 aliphatic heterocycles. The van der Waals surface area contributed by atoms with Crippen molar-refractivity contribution in [1.82, 2.24) is 9.97 Å². The van der Waals surface area contributed by atoms with Crippen LogP contribution in [0.2, 0.25) is 0 Å². The summed E-state index contributed by atoms with van der Waals surface area (Å²) in [6.45, 7) is 0. The number of hydrogen-bond acceptors (Lipinski definition) is 3. The minimum absolute atomic E-state index is 0.368. The van der Waals surface area contributed by atoms with Crippen molar-refractivity contribution in [3.8, 4) is 0 Å². The van der Waals surface area contributed by atoms with Gasteiger partial charge >= 0.3 is 0 Å². The average Bonchev–Trinajstić information content (AvgIpc) is 2.17. The lowest BCUT2D eigenvalue weighted by atomic mass is 10.3. The maximum Gasteiger partial charge on any atom is 0.187 e. The predicted molar refractivity (Wildman–Crippen MR) is 48.6 cm³/mol. The molecule has 5 heteroatoms. The number of hydrogen-bond donors (Lipinski definition) is 1. The molecule has 0 amide bonds. The first kappa shape index (κ1) is 8.28. The molecule has 1 unspecified atom stereocenters. The maximum absolute atomic E-state index is 10.9. The van der Waals surface area contributed by atoms with E-state index in [2.05, 4.69) is 9.97 Å². The van der Waals surface area contributed by atoms with E-state index in [4.69, 9.17) is 4.55 Å². The molecule has 0 aliphatic rings. The first-order valence-electron chi connectivity index (χ1n) is 3.58. The second-order valence-electron chi connectivity index (χ2n) is 2.45. The summed E-state index contributed by atoms with van der Waals surface area (Å²) in [6.07, 6.45) is 4.62. The third-order valence-corrected chi connectivity index (χ3v) is 2.43. The van der Waals surface area contributed by atoms with Crippen LogP contribution in [0.1, 0.15) is 0 Å². The van der Waals surface area contributed by atoms with E-state index in [1.807, 2.05) is 0 Å². The fourth-order valence-electron chi connectivity index (χ4n) is 1.12. The van der Waals surface area contributed by atoms with Crippen molar-refractivity contribution in [2.75, 3.05) is 0 Å². The van der Waals surface area contributed by atoms with E-state index in [0.717, 1.165) is 0 Å². The van der Waals surface area contributed by atoms with Crippen molar-refractivity contribution in [2.24, 2.45) is 0 Å². The molecule has 66 valence electrons. The van der Waals surface area contributed by atoms with E-state index >= 15 is 0 Å². The number of pyridine rings is 2. The highest BCUT2D eigenvalue weighted by molar-refractivity contribution is 7.79. The molecule has 0 saturated carbocycles. The lowest BCUT2D eigenvalue weighted by molar-refractivity contribution is 0.565. The highest BCUT2D eigenvalue weighted by Gasteiger charge is 2.05. The van der Waals surface area contributed by atoms with E-state index in [0.29, 0.717) is 15.8 Å². The van der Waals surface area contributed by atoms with Crippen molar-refractivity contribution in [1.29, 1.82) is 0 Å². The van der Waals surface area contributed by atoms with E-state index in [1.54, 1.807) is 18.5 Å². The van der Waals surface area contributed by atoms with Gasteiger partial charge in [0, 0.05) is 17.8 Å². The minimum Gasteiger partial charge on any atom is -0.302 e. The van der Waals surface area contributed by atoms with E-state index < -0.39 is 11.1 Å². The van der Waals surface area contributed by atoms with Crippen LogP contribution >= 0.6 is 0 Å². The Labute approximate surface area is 76.9 Å². The van der Waals surface area contributed by atoms with Gasteiger partial charge in [-0.1, -0.05) is 0 Å². The van der Waals surface area contributed by atoms with Gasteiger partial charge in [-0.05, 0) is 12.1 Å². The van der Waals surface area contributed by atoms with Gasteiger partial charge in [0.1, 0.15) is 0 Å². The third kappa shape index (κ3) is 1.43. The molecule has 13 heavy (non-hydrogen) atoms. The largest absolute Gasteiger partial charge is 0.302 e. The molecular weight excluding hydrogens is 188 g/mol. The SMILES string of the molecule is O=S(O)c1ccnc2cnccc12. The minimum atomic E-state index is -1.97. The molecular formula is C8H6N2O2S. The Morgan fingerprint density at radius 1 is 1.31 bits per heavy atom. The molecule has 0 bridgehead atoms. The van der Waals surface area contributed by atoms with Gasteiger partial charge < -0.3 is 4.55 Å². The number of aromatic nitrogens is 2. The summed E-state index contributed by atoms with van der Waals surface area (Å²) >= 11 is -1.97. The zero-order valence-corrected chi connectivity index (χ0v) is 7.36. The van der Waals surface area contributed by atoms with Gasteiger partial charge in [-0.25, -0.2) is 4.21 Å². The van der Waals surface area contributed by atoms with Crippen LogP contribution < -0.4 is 0 Å². The second-order valence-corrected chi connectivity index (χ2v) is 3.39. The van der Waals surface area contributed by atoms with Crippen molar-refractivity contribution in [3.63, 3.8) is 0 Å². The van der Waals surface area contributed by atoms with Crippen LogP contribution in [-0.4, -0.2) is 18.7 Å². The van der Waals surface area contributed by atoms with Crippen LogP contribution in [0.15, 0.2) is 35.6 Å². The van der Waals surface area contributed by atoms with Crippen LogP contribution in [0.25, 0.3) is 10.9 Å². The fourth-order valence-corrected chi connectivity index (χ4v) is 1.66. The highest BCUT2D eigenvalue weighted by atomic mass is 32.2. The van der Waals surface area contributed by atoms with Crippen LogP contribution in [0.3, 0.4) is 0 Å². The van der Waals surface area contributed by atoms with Gasteiger partial charge in [0.25, 0.3) is 0 Å². The van der Waals surface area contributed by atoms with Crippen LogP contribution in [0.4, 0.5) is 0 Å². The normalized spacial score (nSPS) is 13.0. The molecule has 1 N–H and O–H groups in total. The summed E-state index contributed by atoms with van der Waals surface area (Å²) in [5.74, 6) is 0. The Hall–Kier alpha value is -1.33. The third-order valence-electron chi connectivity index (χ3n) is 1.69.